The highest BCUT2D eigenvalue weighted by Crippen LogP contribution is 2.35. The summed E-state index contributed by atoms with van der Waals surface area (Å²) in [7, 11) is 0. The standard InChI is InChI=1S/C22H31NO/c1-16(2)23(17(3)4)14-13-20(19-9-7-6-8-10-19)21-15-18(5)11-12-22(21)24/h6-12,15-17,20,24H,13-14H2,1-5H3/i5D3. The van der Waals surface area contributed by atoms with Gasteiger partial charge in [-0.3, -0.25) is 4.90 Å². The first-order valence-electron chi connectivity index (χ1n) is 10.2. The van der Waals surface area contributed by atoms with E-state index in [9.17, 15) is 5.11 Å². The molecule has 2 nitrogen and oxygen atoms in total. The zero-order valence-electron chi connectivity index (χ0n) is 18.2. The number of hydrogen-bond donors (Lipinski definition) is 1. The molecule has 0 saturated carbocycles. The summed E-state index contributed by atoms with van der Waals surface area (Å²) in [5.41, 5.74) is 2.03. The predicted molar refractivity (Wildman–Crippen MR) is 103 cm³/mol. The van der Waals surface area contributed by atoms with Crippen molar-refractivity contribution in [3.05, 3.63) is 65.2 Å². The molecule has 0 bridgehead atoms. The highest BCUT2D eigenvalue weighted by molar-refractivity contribution is 5.43. The first kappa shape index (κ1) is 14.5. The van der Waals surface area contributed by atoms with Gasteiger partial charge in [0.1, 0.15) is 5.75 Å². The van der Waals surface area contributed by atoms with Crippen molar-refractivity contribution < 1.29 is 9.22 Å². The van der Waals surface area contributed by atoms with Crippen LogP contribution in [0.25, 0.3) is 0 Å². The molecular formula is C22H31NO. The first-order chi connectivity index (χ1) is 12.6. The van der Waals surface area contributed by atoms with Crippen molar-refractivity contribution >= 4 is 0 Å². The summed E-state index contributed by atoms with van der Waals surface area (Å²) < 4.78 is 23.1. The third-order valence-electron chi connectivity index (χ3n) is 4.61. The van der Waals surface area contributed by atoms with E-state index in [0.29, 0.717) is 17.6 Å². The van der Waals surface area contributed by atoms with Crippen LogP contribution in [0.5, 0.6) is 5.75 Å². The summed E-state index contributed by atoms with van der Waals surface area (Å²) >= 11 is 0. The van der Waals surface area contributed by atoms with E-state index in [4.69, 9.17) is 4.11 Å². The fourth-order valence-corrected chi connectivity index (χ4v) is 3.41. The van der Waals surface area contributed by atoms with Crippen LogP contribution in [-0.2, 0) is 0 Å². The van der Waals surface area contributed by atoms with E-state index in [0.717, 1.165) is 18.5 Å². The van der Waals surface area contributed by atoms with Crippen LogP contribution in [0.1, 0.15) is 60.8 Å². The van der Waals surface area contributed by atoms with Crippen molar-refractivity contribution in [2.45, 2.75) is 59.0 Å². The summed E-state index contributed by atoms with van der Waals surface area (Å²) in [5.74, 6) is 0.0889. The first-order valence-corrected chi connectivity index (χ1v) is 8.75. The molecule has 0 aliphatic rings. The summed E-state index contributed by atoms with van der Waals surface area (Å²) in [6.07, 6.45) is 0.804. The Morgan fingerprint density at radius 1 is 1.00 bits per heavy atom. The molecule has 2 aromatic carbocycles. The molecule has 2 heteroatoms. The SMILES string of the molecule is [2H]C([2H])([2H])c1ccc(O)c(C(CCN(C(C)C)C(C)C)c2ccccc2)c1. The lowest BCUT2D eigenvalue weighted by molar-refractivity contribution is 0.170. The molecule has 0 radical (unpaired) electrons. The second kappa shape index (κ2) is 8.34. The Balaban J connectivity index is 2.42. The minimum absolute atomic E-state index is 0.0616. The fraction of sp³-hybridized carbons (Fsp3) is 0.455. The van der Waals surface area contributed by atoms with E-state index in [1.807, 2.05) is 30.3 Å². The Morgan fingerprint density at radius 3 is 2.25 bits per heavy atom. The van der Waals surface area contributed by atoms with Gasteiger partial charge in [-0.2, -0.15) is 0 Å². The lowest BCUT2D eigenvalue weighted by atomic mass is 9.87. The van der Waals surface area contributed by atoms with Crippen molar-refractivity contribution in [2.24, 2.45) is 0 Å². The number of hydrogen-bond acceptors (Lipinski definition) is 2. The zero-order valence-corrected chi connectivity index (χ0v) is 15.2. The Kier molecular flexibility index (Phi) is 5.05. The maximum Gasteiger partial charge on any atom is 0.119 e. The molecule has 130 valence electrons. The second-order valence-corrected chi connectivity index (χ2v) is 6.95. The maximum absolute atomic E-state index is 10.5. The molecule has 24 heavy (non-hydrogen) atoms. The van der Waals surface area contributed by atoms with Crippen LogP contribution in [0.4, 0.5) is 0 Å². The number of phenolic OH excluding ortho intramolecular Hbond substituents is 1. The molecule has 0 aliphatic carbocycles. The minimum atomic E-state index is -2.19. The molecule has 0 spiro atoms. The molecule has 1 N–H and O–H groups in total. The molecule has 2 rings (SSSR count). The van der Waals surface area contributed by atoms with Gasteiger partial charge in [0.2, 0.25) is 0 Å². The van der Waals surface area contributed by atoms with Crippen LogP contribution in [0, 0.1) is 6.85 Å². The molecular weight excluding hydrogens is 294 g/mol. The third kappa shape index (κ3) is 4.61. The maximum atomic E-state index is 10.5. The van der Waals surface area contributed by atoms with E-state index in [1.165, 1.54) is 12.1 Å². The van der Waals surface area contributed by atoms with Crippen LogP contribution in [0.15, 0.2) is 48.5 Å². The van der Waals surface area contributed by atoms with Crippen LogP contribution < -0.4 is 0 Å². The molecule has 0 aliphatic heterocycles. The van der Waals surface area contributed by atoms with Gasteiger partial charge in [-0.25, -0.2) is 0 Å². The summed E-state index contributed by atoms with van der Waals surface area (Å²) in [5, 5.41) is 10.5. The number of phenols is 1. The van der Waals surface area contributed by atoms with Crippen molar-refractivity contribution in [3.63, 3.8) is 0 Å². The van der Waals surface area contributed by atoms with Gasteiger partial charge >= 0.3 is 0 Å². The van der Waals surface area contributed by atoms with Crippen LogP contribution in [0.2, 0.25) is 0 Å². The van der Waals surface area contributed by atoms with Gasteiger partial charge in [-0.1, -0.05) is 48.0 Å². The number of aromatic hydroxyl groups is 1. The fourth-order valence-electron chi connectivity index (χ4n) is 3.41. The Morgan fingerprint density at radius 2 is 1.67 bits per heavy atom. The Bertz CT molecular complexity index is 718. The van der Waals surface area contributed by atoms with E-state index in [2.05, 4.69) is 32.6 Å². The number of nitrogens with zero attached hydrogens (tertiary/aromatic N) is 1. The highest BCUT2D eigenvalue weighted by Gasteiger charge is 2.21. The van der Waals surface area contributed by atoms with E-state index in [-0.39, 0.29) is 17.2 Å². The second-order valence-electron chi connectivity index (χ2n) is 6.95. The third-order valence-corrected chi connectivity index (χ3v) is 4.61. The molecule has 0 heterocycles. The van der Waals surface area contributed by atoms with E-state index < -0.39 is 6.85 Å². The molecule has 1 unspecified atom stereocenters. The average Bonchev–Trinajstić information content (AvgIpc) is 2.58. The molecule has 0 saturated heterocycles. The van der Waals surface area contributed by atoms with Gasteiger partial charge in [0.05, 0.1) is 0 Å². The highest BCUT2D eigenvalue weighted by atomic mass is 16.3. The summed E-state index contributed by atoms with van der Waals surface area (Å²) in [6.45, 7) is 7.42. The van der Waals surface area contributed by atoms with Crippen LogP contribution in [-0.4, -0.2) is 28.6 Å². The lowest BCUT2D eigenvalue weighted by Gasteiger charge is -2.32. The number of aryl methyl sites for hydroxylation is 1. The van der Waals surface area contributed by atoms with Crippen molar-refractivity contribution in [2.75, 3.05) is 6.54 Å². The van der Waals surface area contributed by atoms with E-state index >= 15 is 0 Å². The zero-order chi connectivity index (χ0) is 20.2. The average molecular weight is 329 g/mol. The largest absolute Gasteiger partial charge is 0.508 e. The van der Waals surface area contributed by atoms with E-state index in [1.54, 1.807) is 6.07 Å². The smallest absolute Gasteiger partial charge is 0.119 e. The Hall–Kier alpha value is -1.80. The lowest BCUT2D eigenvalue weighted by Crippen LogP contribution is -2.38. The normalized spacial score (nSPS) is 15.4. The molecule has 1 atom stereocenters. The van der Waals surface area contributed by atoms with Crippen molar-refractivity contribution in [3.8, 4) is 5.75 Å². The number of rotatable bonds is 7. The predicted octanol–water partition coefficient (Wildman–Crippen LogP) is 5.34. The van der Waals surface area contributed by atoms with Gasteiger partial charge in [0.15, 0.2) is 0 Å². The molecule has 0 aromatic heterocycles. The van der Waals surface area contributed by atoms with Gasteiger partial charge in [-0.15, -0.1) is 0 Å². The van der Waals surface area contributed by atoms with Crippen molar-refractivity contribution in [1.29, 1.82) is 0 Å². The summed E-state index contributed by atoms with van der Waals surface area (Å²) in [6, 6.07) is 15.5. The molecule has 2 aromatic rings. The molecule has 0 fully saturated rings. The van der Waals surface area contributed by atoms with Crippen molar-refractivity contribution in [1.82, 2.24) is 4.90 Å². The van der Waals surface area contributed by atoms with Crippen LogP contribution >= 0.6 is 0 Å². The van der Waals surface area contributed by atoms with Gasteiger partial charge in [-0.05, 0) is 59.1 Å². The minimum Gasteiger partial charge on any atom is -0.508 e. The Labute approximate surface area is 151 Å². The number of benzene rings is 2. The monoisotopic (exact) mass is 328 g/mol. The quantitative estimate of drug-likeness (QED) is 0.741. The van der Waals surface area contributed by atoms with Gasteiger partial charge < -0.3 is 5.11 Å². The van der Waals surface area contributed by atoms with Gasteiger partial charge in [0, 0.05) is 27.7 Å². The van der Waals surface area contributed by atoms with Gasteiger partial charge in [0.25, 0.3) is 0 Å². The summed E-state index contributed by atoms with van der Waals surface area (Å²) in [4.78, 5) is 2.42. The van der Waals surface area contributed by atoms with Crippen LogP contribution in [0.3, 0.4) is 0 Å². The topological polar surface area (TPSA) is 23.5 Å². The molecule has 0 amide bonds.